The van der Waals surface area contributed by atoms with E-state index in [1.165, 1.54) is 24.0 Å². The molecule has 1 aromatic rings. The zero-order valence-corrected chi connectivity index (χ0v) is 9.98. The highest BCUT2D eigenvalue weighted by molar-refractivity contribution is 5.78. The van der Waals surface area contributed by atoms with Gasteiger partial charge < -0.3 is 10.6 Å². The summed E-state index contributed by atoms with van der Waals surface area (Å²) in [6.07, 6.45) is 2.39. The van der Waals surface area contributed by atoms with E-state index in [2.05, 4.69) is 36.2 Å². The molecule has 0 aromatic heterocycles. The largest absolute Gasteiger partial charge is 0.370 e. The van der Waals surface area contributed by atoms with Crippen LogP contribution in [-0.4, -0.2) is 23.9 Å². The van der Waals surface area contributed by atoms with E-state index in [1.807, 2.05) is 11.9 Å². The third-order valence-corrected chi connectivity index (χ3v) is 2.76. The van der Waals surface area contributed by atoms with E-state index in [1.54, 1.807) is 0 Å². The molecule has 0 heterocycles. The van der Waals surface area contributed by atoms with Crippen LogP contribution in [0.5, 0.6) is 0 Å². The van der Waals surface area contributed by atoms with Crippen molar-refractivity contribution in [2.24, 2.45) is 10.7 Å². The summed E-state index contributed by atoms with van der Waals surface area (Å²) in [4.78, 5) is 6.43. The van der Waals surface area contributed by atoms with Crippen LogP contribution in [0.25, 0.3) is 0 Å². The van der Waals surface area contributed by atoms with E-state index < -0.39 is 0 Å². The van der Waals surface area contributed by atoms with Crippen molar-refractivity contribution in [1.82, 2.24) is 4.90 Å². The molecule has 1 aromatic carbocycles. The Morgan fingerprint density at radius 2 is 2.25 bits per heavy atom. The van der Waals surface area contributed by atoms with Gasteiger partial charge in [-0.2, -0.15) is 0 Å². The van der Waals surface area contributed by atoms with Crippen LogP contribution in [0.2, 0.25) is 0 Å². The van der Waals surface area contributed by atoms with E-state index in [9.17, 15) is 0 Å². The van der Waals surface area contributed by atoms with Crippen LogP contribution in [-0.2, 0) is 6.54 Å². The van der Waals surface area contributed by atoms with E-state index in [0.29, 0.717) is 12.0 Å². The van der Waals surface area contributed by atoms with E-state index in [-0.39, 0.29) is 0 Å². The smallest absolute Gasteiger partial charge is 0.191 e. The Morgan fingerprint density at radius 1 is 1.50 bits per heavy atom. The van der Waals surface area contributed by atoms with Crippen LogP contribution >= 0.6 is 0 Å². The number of benzene rings is 1. The number of rotatable bonds is 3. The maximum absolute atomic E-state index is 5.92. The minimum atomic E-state index is 0.486. The van der Waals surface area contributed by atoms with Crippen LogP contribution in [0.15, 0.2) is 29.3 Å². The molecule has 86 valence electrons. The van der Waals surface area contributed by atoms with Gasteiger partial charge in [0.05, 0.1) is 6.04 Å². The van der Waals surface area contributed by atoms with Gasteiger partial charge in [0.15, 0.2) is 5.96 Å². The highest BCUT2D eigenvalue weighted by Gasteiger charge is 2.21. The predicted molar refractivity (Wildman–Crippen MR) is 67.3 cm³/mol. The van der Waals surface area contributed by atoms with Gasteiger partial charge in [-0.15, -0.1) is 0 Å². The summed E-state index contributed by atoms with van der Waals surface area (Å²) in [5.41, 5.74) is 8.48. The zero-order valence-electron chi connectivity index (χ0n) is 9.98. The maximum atomic E-state index is 5.92. The lowest BCUT2D eigenvalue weighted by molar-refractivity contribution is 0.491. The van der Waals surface area contributed by atoms with Gasteiger partial charge in [0.2, 0.25) is 0 Å². The van der Waals surface area contributed by atoms with Gasteiger partial charge in [-0.3, -0.25) is 0 Å². The van der Waals surface area contributed by atoms with Gasteiger partial charge in [0.25, 0.3) is 0 Å². The molecule has 1 aliphatic carbocycles. The lowest BCUT2D eigenvalue weighted by atomic mass is 10.1. The average molecular weight is 217 g/mol. The second-order valence-corrected chi connectivity index (χ2v) is 4.56. The molecule has 1 saturated carbocycles. The number of hydrogen-bond acceptors (Lipinski definition) is 1. The van der Waals surface area contributed by atoms with Crippen molar-refractivity contribution in [2.45, 2.75) is 32.4 Å². The minimum Gasteiger partial charge on any atom is -0.370 e. The Kier molecular flexibility index (Phi) is 3.13. The van der Waals surface area contributed by atoms with Crippen LogP contribution in [0.3, 0.4) is 0 Å². The minimum absolute atomic E-state index is 0.486. The summed E-state index contributed by atoms with van der Waals surface area (Å²) in [5, 5.41) is 0. The molecular weight excluding hydrogens is 198 g/mol. The number of aryl methyl sites for hydroxylation is 1. The van der Waals surface area contributed by atoms with E-state index >= 15 is 0 Å². The first-order valence-electron chi connectivity index (χ1n) is 5.75. The molecule has 0 radical (unpaired) electrons. The SMILES string of the molecule is Cc1cccc(CN(C)C(N)=NC2CC2)c1. The Morgan fingerprint density at radius 3 is 2.88 bits per heavy atom. The molecule has 0 spiro atoms. The van der Waals surface area contributed by atoms with Gasteiger partial charge in [-0.25, -0.2) is 4.99 Å². The number of aliphatic imine (C=N–C) groups is 1. The molecule has 0 aliphatic heterocycles. The lowest BCUT2D eigenvalue weighted by Crippen LogP contribution is -2.33. The molecule has 2 N–H and O–H groups in total. The number of nitrogens with zero attached hydrogens (tertiary/aromatic N) is 2. The van der Waals surface area contributed by atoms with Crippen molar-refractivity contribution < 1.29 is 0 Å². The quantitative estimate of drug-likeness (QED) is 0.620. The first kappa shape index (κ1) is 11.0. The summed E-state index contributed by atoms with van der Waals surface area (Å²) in [5.74, 6) is 0.656. The molecule has 16 heavy (non-hydrogen) atoms. The van der Waals surface area contributed by atoms with Gasteiger partial charge in [0.1, 0.15) is 0 Å². The normalized spacial score (nSPS) is 16.2. The van der Waals surface area contributed by atoms with Crippen LogP contribution in [0.4, 0.5) is 0 Å². The lowest BCUT2D eigenvalue weighted by Gasteiger charge is -2.18. The molecule has 1 fully saturated rings. The number of hydrogen-bond donors (Lipinski definition) is 1. The second-order valence-electron chi connectivity index (χ2n) is 4.56. The van der Waals surface area contributed by atoms with Crippen molar-refractivity contribution in [1.29, 1.82) is 0 Å². The summed E-state index contributed by atoms with van der Waals surface area (Å²) in [7, 11) is 1.99. The molecular formula is C13H19N3. The van der Waals surface area contributed by atoms with Gasteiger partial charge in [-0.1, -0.05) is 29.8 Å². The second kappa shape index (κ2) is 4.56. The molecule has 0 saturated heterocycles. The fourth-order valence-corrected chi connectivity index (χ4v) is 1.65. The number of guanidine groups is 1. The number of nitrogens with two attached hydrogens (primary N) is 1. The van der Waals surface area contributed by atoms with E-state index in [4.69, 9.17) is 5.73 Å². The summed E-state index contributed by atoms with van der Waals surface area (Å²) >= 11 is 0. The molecule has 0 unspecified atom stereocenters. The topological polar surface area (TPSA) is 41.6 Å². The maximum Gasteiger partial charge on any atom is 0.191 e. The van der Waals surface area contributed by atoms with E-state index in [0.717, 1.165) is 6.54 Å². The van der Waals surface area contributed by atoms with Gasteiger partial charge in [-0.05, 0) is 25.3 Å². The molecule has 1 aliphatic rings. The first-order valence-corrected chi connectivity index (χ1v) is 5.75. The highest BCUT2D eigenvalue weighted by Crippen LogP contribution is 2.23. The van der Waals surface area contributed by atoms with Crippen molar-refractivity contribution in [3.63, 3.8) is 0 Å². The van der Waals surface area contributed by atoms with Crippen LogP contribution in [0, 0.1) is 6.92 Å². The van der Waals surface area contributed by atoms with Crippen molar-refractivity contribution in [3.8, 4) is 0 Å². The fourth-order valence-electron chi connectivity index (χ4n) is 1.65. The Bertz CT molecular complexity index is 394. The zero-order chi connectivity index (χ0) is 11.5. The molecule has 0 bridgehead atoms. The first-order chi connectivity index (χ1) is 7.65. The summed E-state index contributed by atoms with van der Waals surface area (Å²) < 4.78 is 0. The van der Waals surface area contributed by atoms with Gasteiger partial charge >= 0.3 is 0 Å². The summed E-state index contributed by atoms with van der Waals surface area (Å²) in [6, 6.07) is 8.96. The van der Waals surface area contributed by atoms with Crippen molar-refractivity contribution in [3.05, 3.63) is 35.4 Å². The monoisotopic (exact) mass is 217 g/mol. The average Bonchev–Trinajstić information content (AvgIpc) is 3.01. The van der Waals surface area contributed by atoms with Gasteiger partial charge in [0, 0.05) is 13.6 Å². The third kappa shape index (κ3) is 2.99. The summed E-state index contributed by atoms with van der Waals surface area (Å²) in [6.45, 7) is 2.93. The van der Waals surface area contributed by atoms with Crippen molar-refractivity contribution >= 4 is 5.96 Å². The molecule has 0 atom stereocenters. The van der Waals surface area contributed by atoms with Crippen LogP contribution < -0.4 is 5.73 Å². The Balaban J connectivity index is 1.98. The Labute approximate surface area is 97.0 Å². The third-order valence-electron chi connectivity index (χ3n) is 2.76. The predicted octanol–water partition coefficient (Wildman–Crippen LogP) is 1.90. The molecule has 3 heteroatoms. The molecule has 3 nitrogen and oxygen atoms in total. The van der Waals surface area contributed by atoms with Crippen molar-refractivity contribution in [2.75, 3.05) is 7.05 Å². The standard InChI is InChI=1S/C13H19N3/c1-10-4-3-5-11(8-10)9-16(2)13(14)15-12-6-7-12/h3-5,8,12H,6-7,9H2,1-2H3,(H2,14,15). The fraction of sp³-hybridized carbons (Fsp3) is 0.462. The molecule has 2 rings (SSSR count). The molecule has 0 amide bonds. The Hall–Kier alpha value is -1.51. The van der Waals surface area contributed by atoms with Crippen LogP contribution in [0.1, 0.15) is 24.0 Å². The highest BCUT2D eigenvalue weighted by atomic mass is 15.2.